The minimum atomic E-state index is 0.0980. The van der Waals surface area contributed by atoms with Gasteiger partial charge in [-0.2, -0.15) is 0 Å². The quantitative estimate of drug-likeness (QED) is 0.786. The highest BCUT2D eigenvalue weighted by Crippen LogP contribution is 2.23. The van der Waals surface area contributed by atoms with E-state index in [9.17, 15) is 4.79 Å². The third kappa shape index (κ3) is 2.19. The van der Waals surface area contributed by atoms with Crippen LogP contribution in [0.2, 0.25) is 0 Å². The molecule has 0 aliphatic rings. The zero-order chi connectivity index (χ0) is 11.4. The average Bonchev–Trinajstić information content (AvgIpc) is 2.35. The number of hydrogen-bond donors (Lipinski definition) is 0. The lowest BCUT2D eigenvalue weighted by molar-refractivity contribution is -0.120. The van der Waals surface area contributed by atoms with E-state index in [0.29, 0.717) is 12.2 Å². The second-order valence-corrected chi connectivity index (χ2v) is 3.51. The molecule has 2 aromatic rings. The molecule has 0 saturated carbocycles. The van der Waals surface area contributed by atoms with Gasteiger partial charge >= 0.3 is 0 Å². The fourth-order valence-corrected chi connectivity index (χ4v) is 1.46. The maximum absolute atomic E-state index is 11.2. The van der Waals surface area contributed by atoms with Gasteiger partial charge in [0.25, 0.3) is 0 Å². The Labute approximate surface area is 94.1 Å². The largest absolute Gasteiger partial charge is 0.485 e. The molecule has 0 saturated heterocycles. The molecule has 0 amide bonds. The molecular formula is C13H13NO2. The summed E-state index contributed by atoms with van der Waals surface area (Å²) in [4.78, 5) is 15.4. The van der Waals surface area contributed by atoms with Gasteiger partial charge in [0.2, 0.25) is 0 Å². The van der Waals surface area contributed by atoms with E-state index in [0.717, 1.165) is 10.9 Å². The number of aromatic nitrogens is 1. The van der Waals surface area contributed by atoms with Crippen molar-refractivity contribution in [1.82, 2.24) is 4.98 Å². The number of fused-ring (bicyclic) bond motifs is 1. The van der Waals surface area contributed by atoms with Gasteiger partial charge in [-0.1, -0.05) is 13.0 Å². The molecule has 0 N–H and O–H groups in total. The summed E-state index contributed by atoms with van der Waals surface area (Å²) in [5.74, 6) is 0.813. The van der Waals surface area contributed by atoms with Crippen LogP contribution in [0.25, 0.3) is 10.9 Å². The predicted molar refractivity (Wildman–Crippen MR) is 62.5 cm³/mol. The molecule has 3 heteroatoms. The molecule has 0 unspecified atom stereocenters. The van der Waals surface area contributed by atoms with Gasteiger partial charge in [-0.25, -0.2) is 0 Å². The number of ketones is 1. The van der Waals surface area contributed by atoms with Gasteiger partial charge in [0.1, 0.15) is 12.4 Å². The molecule has 0 atom stereocenters. The van der Waals surface area contributed by atoms with Crippen LogP contribution in [0.4, 0.5) is 0 Å². The Morgan fingerprint density at radius 2 is 2.19 bits per heavy atom. The van der Waals surface area contributed by atoms with Gasteiger partial charge in [-0.15, -0.1) is 0 Å². The summed E-state index contributed by atoms with van der Waals surface area (Å²) in [6, 6.07) is 9.45. The first-order valence-corrected chi connectivity index (χ1v) is 5.29. The van der Waals surface area contributed by atoms with E-state index in [1.54, 1.807) is 6.20 Å². The van der Waals surface area contributed by atoms with Crippen LogP contribution in [0.3, 0.4) is 0 Å². The van der Waals surface area contributed by atoms with E-state index in [2.05, 4.69) is 4.98 Å². The summed E-state index contributed by atoms with van der Waals surface area (Å²) < 4.78 is 5.48. The first-order valence-electron chi connectivity index (χ1n) is 5.29. The average molecular weight is 215 g/mol. The Morgan fingerprint density at radius 3 is 3.00 bits per heavy atom. The van der Waals surface area contributed by atoms with Crippen molar-refractivity contribution in [3.63, 3.8) is 0 Å². The molecule has 82 valence electrons. The van der Waals surface area contributed by atoms with E-state index in [1.807, 2.05) is 37.3 Å². The van der Waals surface area contributed by atoms with Crippen molar-refractivity contribution < 1.29 is 9.53 Å². The number of ether oxygens (including phenoxy) is 1. The van der Waals surface area contributed by atoms with Crippen LogP contribution in [0.5, 0.6) is 5.75 Å². The van der Waals surface area contributed by atoms with E-state index >= 15 is 0 Å². The molecule has 0 spiro atoms. The summed E-state index contributed by atoms with van der Waals surface area (Å²) in [7, 11) is 0. The van der Waals surface area contributed by atoms with E-state index in [1.165, 1.54) is 0 Å². The number of Topliss-reactive ketones (excluding diaryl/α,β-unsaturated/α-hetero) is 1. The normalized spacial score (nSPS) is 10.3. The number of rotatable bonds is 4. The standard InChI is InChI=1S/C13H13NO2/c1-2-10(15)9-16-13-7-3-6-12-11(13)5-4-8-14-12/h3-8H,2,9H2,1H3. The second-order valence-electron chi connectivity index (χ2n) is 3.51. The Bertz CT molecular complexity index is 503. The van der Waals surface area contributed by atoms with Crippen LogP contribution in [0, 0.1) is 0 Å². The van der Waals surface area contributed by atoms with E-state index < -0.39 is 0 Å². The van der Waals surface area contributed by atoms with Crippen molar-refractivity contribution in [3.05, 3.63) is 36.5 Å². The Hall–Kier alpha value is -1.90. The highest BCUT2D eigenvalue weighted by Gasteiger charge is 2.04. The minimum Gasteiger partial charge on any atom is -0.485 e. The van der Waals surface area contributed by atoms with Gasteiger partial charge in [-0.05, 0) is 24.3 Å². The monoisotopic (exact) mass is 215 g/mol. The minimum absolute atomic E-state index is 0.0980. The van der Waals surface area contributed by atoms with E-state index in [-0.39, 0.29) is 12.4 Å². The topological polar surface area (TPSA) is 39.2 Å². The number of benzene rings is 1. The van der Waals surface area contributed by atoms with E-state index in [4.69, 9.17) is 4.74 Å². The smallest absolute Gasteiger partial charge is 0.169 e. The summed E-state index contributed by atoms with van der Waals surface area (Å²) in [5, 5.41) is 0.939. The van der Waals surface area contributed by atoms with Crippen LogP contribution in [-0.2, 0) is 4.79 Å². The van der Waals surface area contributed by atoms with Crippen molar-refractivity contribution in [2.24, 2.45) is 0 Å². The van der Waals surface area contributed by atoms with Crippen LogP contribution in [0.15, 0.2) is 36.5 Å². The first kappa shape index (κ1) is 10.6. The fraction of sp³-hybridized carbons (Fsp3) is 0.231. The zero-order valence-corrected chi connectivity index (χ0v) is 9.14. The Morgan fingerprint density at radius 1 is 1.31 bits per heavy atom. The molecule has 0 radical (unpaired) electrons. The number of hydrogen-bond acceptors (Lipinski definition) is 3. The molecule has 0 aliphatic carbocycles. The van der Waals surface area contributed by atoms with Crippen LogP contribution >= 0.6 is 0 Å². The molecular weight excluding hydrogens is 202 g/mol. The van der Waals surface area contributed by atoms with Gasteiger partial charge < -0.3 is 4.74 Å². The lowest BCUT2D eigenvalue weighted by atomic mass is 10.2. The molecule has 3 nitrogen and oxygen atoms in total. The van der Waals surface area contributed by atoms with Crippen molar-refractivity contribution in [2.45, 2.75) is 13.3 Å². The summed E-state index contributed by atoms with van der Waals surface area (Å²) in [6.45, 7) is 1.96. The summed E-state index contributed by atoms with van der Waals surface area (Å²) in [5.41, 5.74) is 0.879. The maximum Gasteiger partial charge on any atom is 0.169 e. The van der Waals surface area contributed by atoms with Crippen molar-refractivity contribution in [2.75, 3.05) is 6.61 Å². The number of carbonyl (C=O) groups is 1. The SMILES string of the molecule is CCC(=O)COc1cccc2ncccc12. The number of pyridine rings is 1. The molecule has 1 aromatic heterocycles. The first-order chi connectivity index (χ1) is 7.81. The second kappa shape index (κ2) is 4.75. The van der Waals surface area contributed by atoms with Crippen LogP contribution < -0.4 is 4.74 Å². The molecule has 0 bridgehead atoms. The maximum atomic E-state index is 11.2. The molecule has 1 heterocycles. The number of carbonyl (C=O) groups excluding carboxylic acids is 1. The zero-order valence-electron chi connectivity index (χ0n) is 9.14. The molecule has 2 rings (SSSR count). The molecule has 0 aliphatic heterocycles. The third-order valence-electron chi connectivity index (χ3n) is 2.39. The molecule has 0 fully saturated rings. The fourth-order valence-electron chi connectivity index (χ4n) is 1.46. The lowest BCUT2D eigenvalue weighted by Gasteiger charge is -2.07. The van der Waals surface area contributed by atoms with Crippen molar-refractivity contribution in [3.8, 4) is 5.75 Å². The number of nitrogens with zero attached hydrogens (tertiary/aromatic N) is 1. The summed E-state index contributed by atoms with van der Waals surface area (Å²) >= 11 is 0. The summed E-state index contributed by atoms with van der Waals surface area (Å²) in [6.07, 6.45) is 2.24. The Kier molecular flexibility index (Phi) is 3.15. The van der Waals surface area contributed by atoms with Gasteiger partial charge in [0.05, 0.1) is 5.52 Å². The molecule has 16 heavy (non-hydrogen) atoms. The van der Waals surface area contributed by atoms with Crippen LogP contribution in [0.1, 0.15) is 13.3 Å². The highest BCUT2D eigenvalue weighted by atomic mass is 16.5. The highest BCUT2D eigenvalue weighted by molar-refractivity contribution is 5.85. The predicted octanol–water partition coefficient (Wildman–Crippen LogP) is 2.59. The van der Waals surface area contributed by atoms with Crippen molar-refractivity contribution in [1.29, 1.82) is 0 Å². The third-order valence-corrected chi connectivity index (χ3v) is 2.39. The van der Waals surface area contributed by atoms with Gasteiger partial charge in [0, 0.05) is 18.0 Å². The van der Waals surface area contributed by atoms with Gasteiger partial charge in [0.15, 0.2) is 5.78 Å². The van der Waals surface area contributed by atoms with Gasteiger partial charge in [-0.3, -0.25) is 9.78 Å². The lowest BCUT2D eigenvalue weighted by Crippen LogP contribution is -2.09. The van der Waals surface area contributed by atoms with Crippen LogP contribution in [-0.4, -0.2) is 17.4 Å². The Balaban J connectivity index is 2.27. The van der Waals surface area contributed by atoms with Crippen molar-refractivity contribution >= 4 is 16.7 Å². The molecule has 1 aromatic carbocycles.